The lowest BCUT2D eigenvalue weighted by atomic mass is 10.0. The van der Waals surface area contributed by atoms with Crippen LogP contribution in [0.4, 0.5) is 13.2 Å². The lowest BCUT2D eigenvalue weighted by Crippen LogP contribution is -2.19. The molecule has 0 saturated heterocycles. The van der Waals surface area contributed by atoms with E-state index in [2.05, 4.69) is 20.1 Å². The van der Waals surface area contributed by atoms with Gasteiger partial charge < -0.3 is 14.2 Å². The Hall–Kier alpha value is -3.89. The predicted molar refractivity (Wildman–Crippen MR) is 115 cm³/mol. The van der Waals surface area contributed by atoms with E-state index in [1.807, 2.05) is 18.2 Å². The zero-order valence-corrected chi connectivity index (χ0v) is 18.3. The Labute approximate surface area is 192 Å². The number of fused-ring (bicyclic) bond motifs is 1. The maximum atomic E-state index is 12.4. The molecule has 8 nitrogen and oxygen atoms in total. The van der Waals surface area contributed by atoms with E-state index in [9.17, 15) is 13.2 Å². The third kappa shape index (κ3) is 4.33. The molecule has 0 amide bonds. The van der Waals surface area contributed by atoms with Crippen LogP contribution in [0.3, 0.4) is 0 Å². The number of aromatic nitrogens is 5. The molecule has 1 aliphatic carbocycles. The summed E-state index contributed by atoms with van der Waals surface area (Å²) in [4.78, 5) is 12.9. The first-order chi connectivity index (χ1) is 16.4. The molecular weight excluding hydrogens is 451 g/mol. The first-order valence-electron chi connectivity index (χ1n) is 10.5. The smallest absolute Gasteiger partial charge is 0.422 e. The van der Waals surface area contributed by atoms with E-state index in [-0.39, 0.29) is 23.6 Å². The fourth-order valence-electron chi connectivity index (χ4n) is 4.01. The molecule has 1 unspecified atom stereocenters. The highest BCUT2D eigenvalue weighted by atomic mass is 19.4. The van der Waals surface area contributed by atoms with Crippen LogP contribution in [0.5, 0.6) is 17.6 Å². The third-order valence-corrected chi connectivity index (χ3v) is 5.67. The summed E-state index contributed by atoms with van der Waals surface area (Å²) in [7, 11) is 2.99. The number of methoxy groups -OCH3 is 2. The molecule has 1 aromatic carbocycles. The summed E-state index contributed by atoms with van der Waals surface area (Å²) in [5.41, 5.74) is 4.02. The van der Waals surface area contributed by atoms with E-state index < -0.39 is 12.8 Å². The molecule has 5 rings (SSSR count). The first-order valence-corrected chi connectivity index (χ1v) is 10.5. The zero-order chi connectivity index (χ0) is 23.9. The molecule has 0 radical (unpaired) electrons. The summed E-state index contributed by atoms with van der Waals surface area (Å²) in [6.07, 6.45) is 1.56. The Kier molecular flexibility index (Phi) is 5.46. The maximum Gasteiger partial charge on any atom is 0.422 e. The zero-order valence-electron chi connectivity index (χ0n) is 18.3. The number of halogens is 3. The number of hydrogen-bond acceptors (Lipinski definition) is 7. The van der Waals surface area contributed by atoms with Gasteiger partial charge in [0.15, 0.2) is 12.3 Å². The normalized spacial score (nSPS) is 17.6. The molecule has 1 fully saturated rings. The molecule has 1 saturated carbocycles. The second kappa shape index (κ2) is 8.47. The third-order valence-electron chi connectivity index (χ3n) is 5.67. The molecule has 4 aromatic rings. The van der Waals surface area contributed by atoms with Crippen LogP contribution in [-0.4, -0.2) is 51.6 Å². The number of benzene rings is 1. The molecule has 3 aromatic heterocycles. The number of alkyl halides is 3. The average molecular weight is 471 g/mol. The van der Waals surface area contributed by atoms with Crippen molar-refractivity contribution in [2.45, 2.75) is 24.4 Å². The molecular formula is C23H20F3N5O3. The van der Waals surface area contributed by atoms with Gasteiger partial charge in [-0.3, -0.25) is 0 Å². The molecule has 11 heteroatoms. The number of hydrogen-bond donors (Lipinski definition) is 0. The number of ether oxygens (including phenoxy) is 3. The van der Waals surface area contributed by atoms with Crippen molar-refractivity contribution in [2.24, 2.45) is 0 Å². The Balaban J connectivity index is 1.43. The topological polar surface area (TPSA) is 83.7 Å². The molecule has 2 atom stereocenters. The summed E-state index contributed by atoms with van der Waals surface area (Å²) in [5, 5.41) is 4.63. The van der Waals surface area contributed by atoms with Crippen LogP contribution in [0.2, 0.25) is 0 Å². The molecule has 176 valence electrons. The van der Waals surface area contributed by atoms with Gasteiger partial charge in [-0.1, -0.05) is 12.1 Å². The molecule has 0 bridgehead atoms. The monoisotopic (exact) mass is 471 g/mol. The predicted octanol–water partition coefficient (Wildman–Crippen LogP) is 4.42. The van der Waals surface area contributed by atoms with Crippen LogP contribution in [0.1, 0.15) is 29.4 Å². The quantitative estimate of drug-likeness (QED) is 0.395. The number of imidazole rings is 1. The van der Waals surface area contributed by atoms with Gasteiger partial charge in [-0.05, 0) is 42.0 Å². The molecule has 0 N–H and O–H groups in total. The van der Waals surface area contributed by atoms with Gasteiger partial charge >= 0.3 is 12.2 Å². The fourth-order valence-corrected chi connectivity index (χ4v) is 4.01. The minimum absolute atomic E-state index is 0.179. The van der Waals surface area contributed by atoms with Gasteiger partial charge in [0.05, 0.1) is 25.5 Å². The van der Waals surface area contributed by atoms with Crippen LogP contribution in [0.15, 0.2) is 48.9 Å². The van der Waals surface area contributed by atoms with Crippen molar-refractivity contribution in [3.8, 4) is 28.9 Å². The second-order valence-corrected chi connectivity index (χ2v) is 7.88. The number of nitrogens with zero attached hydrogens (tertiary/aromatic N) is 5. The SMILES string of the molecule is COc1ncc(-c2cc(C3C[C@@H]3c3ccc(OCC(F)(F)F)cc3)c3nccn3n2)c(OC)n1. The Morgan fingerprint density at radius 2 is 1.85 bits per heavy atom. The highest BCUT2D eigenvalue weighted by Crippen LogP contribution is 2.56. The van der Waals surface area contributed by atoms with Gasteiger partial charge in [0.2, 0.25) is 5.88 Å². The highest BCUT2D eigenvalue weighted by molar-refractivity contribution is 5.68. The molecule has 0 aliphatic heterocycles. The van der Waals surface area contributed by atoms with Crippen molar-refractivity contribution in [2.75, 3.05) is 20.8 Å². The van der Waals surface area contributed by atoms with Crippen LogP contribution in [0, 0.1) is 0 Å². The van der Waals surface area contributed by atoms with Crippen molar-refractivity contribution >= 4 is 5.65 Å². The van der Waals surface area contributed by atoms with E-state index in [4.69, 9.17) is 14.2 Å². The van der Waals surface area contributed by atoms with Crippen molar-refractivity contribution in [1.82, 2.24) is 24.6 Å². The highest BCUT2D eigenvalue weighted by Gasteiger charge is 2.41. The first kappa shape index (κ1) is 21.9. The van der Waals surface area contributed by atoms with Crippen molar-refractivity contribution in [3.05, 3.63) is 60.0 Å². The van der Waals surface area contributed by atoms with Crippen molar-refractivity contribution < 1.29 is 27.4 Å². The lowest BCUT2D eigenvalue weighted by Gasteiger charge is -2.11. The van der Waals surface area contributed by atoms with Gasteiger partial charge in [-0.25, -0.2) is 14.5 Å². The lowest BCUT2D eigenvalue weighted by molar-refractivity contribution is -0.153. The van der Waals surface area contributed by atoms with Crippen molar-refractivity contribution in [3.63, 3.8) is 0 Å². The molecule has 1 aliphatic rings. The summed E-state index contributed by atoms with van der Waals surface area (Å²) in [6.45, 7) is -1.31. The van der Waals surface area contributed by atoms with Crippen LogP contribution in [-0.2, 0) is 0 Å². The van der Waals surface area contributed by atoms with Gasteiger partial charge in [0, 0.05) is 24.2 Å². The van der Waals surface area contributed by atoms with E-state index in [0.717, 1.165) is 23.2 Å². The van der Waals surface area contributed by atoms with Gasteiger partial charge in [0.25, 0.3) is 0 Å². The van der Waals surface area contributed by atoms with Crippen LogP contribution >= 0.6 is 0 Å². The summed E-state index contributed by atoms with van der Waals surface area (Å²) >= 11 is 0. The van der Waals surface area contributed by atoms with E-state index in [1.165, 1.54) is 14.2 Å². The minimum atomic E-state index is -4.37. The molecule has 34 heavy (non-hydrogen) atoms. The molecule has 3 heterocycles. The van der Waals surface area contributed by atoms with Crippen LogP contribution in [0.25, 0.3) is 16.9 Å². The maximum absolute atomic E-state index is 12.4. The second-order valence-electron chi connectivity index (χ2n) is 7.88. The van der Waals surface area contributed by atoms with Crippen molar-refractivity contribution in [1.29, 1.82) is 0 Å². The fraction of sp³-hybridized carbons (Fsp3) is 0.304. The van der Waals surface area contributed by atoms with E-state index in [0.29, 0.717) is 17.1 Å². The molecule has 0 spiro atoms. The largest absolute Gasteiger partial charge is 0.484 e. The Morgan fingerprint density at radius 3 is 2.56 bits per heavy atom. The minimum Gasteiger partial charge on any atom is -0.484 e. The summed E-state index contributed by atoms with van der Waals surface area (Å²) in [5.74, 6) is 0.915. The Morgan fingerprint density at radius 1 is 1.06 bits per heavy atom. The summed E-state index contributed by atoms with van der Waals surface area (Å²) < 4.78 is 54.1. The average Bonchev–Trinajstić information content (AvgIpc) is 3.49. The standard InChI is InChI=1S/C23H20F3N5O3/c1-32-21-18(11-28-22(29-21)33-2)19-10-17(20-27-7-8-31(20)30-19)16-9-15(16)13-3-5-14(6-4-13)34-12-23(24,25)26/h3-8,10-11,15-16H,9,12H2,1-2H3/t15-,16?/m1/s1. The van der Waals surface area contributed by atoms with E-state index in [1.54, 1.807) is 35.2 Å². The van der Waals surface area contributed by atoms with E-state index >= 15 is 0 Å². The number of rotatable bonds is 7. The Bertz CT molecular complexity index is 1320. The van der Waals surface area contributed by atoms with Gasteiger partial charge in [-0.2, -0.15) is 23.3 Å². The van der Waals surface area contributed by atoms with Crippen LogP contribution < -0.4 is 14.2 Å². The van der Waals surface area contributed by atoms with Gasteiger partial charge in [0.1, 0.15) is 5.75 Å². The van der Waals surface area contributed by atoms with Gasteiger partial charge in [-0.15, -0.1) is 0 Å². The summed E-state index contributed by atoms with van der Waals surface area (Å²) in [6, 6.07) is 8.90.